The number of nitrogens with two attached hydrogens (primary N) is 1. The molecule has 1 aliphatic rings. The molecule has 2 heterocycles. The first-order chi connectivity index (χ1) is 16.4. The number of carbonyl (C=O) groups is 2. The van der Waals surface area contributed by atoms with Crippen LogP contribution in [0.25, 0.3) is 11.0 Å². The minimum absolute atomic E-state index is 0.0230. The largest absolute Gasteiger partial charge is 0.484 e. The van der Waals surface area contributed by atoms with E-state index in [4.69, 9.17) is 26.5 Å². The Morgan fingerprint density at radius 3 is 2.47 bits per heavy atom. The molecule has 0 saturated carbocycles. The normalized spacial score (nSPS) is 14.9. The third kappa shape index (κ3) is 3.91. The molecule has 3 aromatic carbocycles. The Bertz CT molecular complexity index is 1460. The van der Waals surface area contributed by atoms with Crippen molar-refractivity contribution in [2.45, 2.75) is 12.6 Å². The van der Waals surface area contributed by atoms with E-state index in [0.29, 0.717) is 27.3 Å². The lowest BCUT2D eigenvalue weighted by molar-refractivity contribution is -0.119. The van der Waals surface area contributed by atoms with Gasteiger partial charge in [0.1, 0.15) is 11.3 Å². The van der Waals surface area contributed by atoms with Crippen LogP contribution >= 0.6 is 11.6 Å². The molecule has 1 aliphatic heterocycles. The maximum Gasteiger partial charge on any atom is 0.291 e. The number of hydrogen-bond donors (Lipinski definition) is 1. The van der Waals surface area contributed by atoms with Crippen LogP contribution in [-0.4, -0.2) is 23.3 Å². The molecule has 7 nitrogen and oxygen atoms in total. The van der Waals surface area contributed by atoms with Gasteiger partial charge in [0.05, 0.1) is 17.0 Å². The van der Waals surface area contributed by atoms with Crippen molar-refractivity contribution in [3.05, 3.63) is 110 Å². The Labute approximate surface area is 199 Å². The maximum atomic E-state index is 13.6. The summed E-state index contributed by atoms with van der Waals surface area (Å²) in [6.45, 7) is 0.0333. The first kappa shape index (κ1) is 21.7. The standard InChI is InChI=1S/C26H19ClN2O5/c27-17-8-11-20-19(12-17)24(31)22-23(16-6-9-18(10-7-16)33-14-21(28)30)29(26(32)25(22)34-20)13-15-4-2-1-3-5-15/h1-12,23H,13-14H2,(H2,28,30). The Kier molecular flexibility index (Phi) is 5.55. The van der Waals surface area contributed by atoms with Gasteiger partial charge >= 0.3 is 0 Å². The number of nitrogens with zero attached hydrogens (tertiary/aromatic N) is 1. The maximum absolute atomic E-state index is 13.6. The summed E-state index contributed by atoms with van der Waals surface area (Å²) in [6, 6.07) is 20.4. The van der Waals surface area contributed by atoms with Crippen molar-refractivity contribution in [2.75, 3.05) is 6.61 Å². The molecule has 8 heteroatoms. The van der Waals surface area contributed by atoms with Crippen molar-refractivity contribution in [2.24, 2.45) is 5.73 Å². The van der Waals surface area contributed by atoms with Crippen molar-refractivity contribution >= 4 is 34.4 Å². The van der Waals surface area contributed by atoms with Crippen LogP contribution in [-0.2, 0) is 11.3 Å². The van der Waals surface area contributed by atoms with Gasteiger partial charge in [-0.25, -0.2) is 0 Å². The highest BCUT2D eigenvalue weighted by atomic mass is 35.5. The number of fused-ring (bicyclic) bond motifs is 2. The lowest BCUT2D eigenvalue weighted by atomic mass is 9.98. The molecule has 1 aromatic heterocycles. The average Bonchev–Trinajstić information content (AvgIpc) is 3.11. The number of benzene rings is 3. The fraction of sp³-hybridized carbons (Fsp3) is 0.115. The van der Waals surface area contributed by atoms with E-state index in [1.807, 2.05) is 30.3 Å². The highest BCUT2D eigenvalue weighted by Gasteiger charge is 2.42. The van der Waals surface area contributed by atoms with Gasteiger partial charge in [-0.2, -0.15) is 0 Å². The van der Waals surface area contributed by atoms with E-state index in [1.54, 1.807) is 47.4 Å². The smallest absolute Gasteiger partial charge is 0.291 e. The summed E-state index contributed by atoms with van der Waals surface area (Å²) in [6.07, 6.45) is 0. The van der Waals surface area contributed by atoms with Crippen molar-refractivity contribution in [3.8, 4) is 5.75 Å². The molecule has 34 heavy (non-hydrogen) atoms. The Balaban J connectivity index is 1.64. The first-order valence-corrected chi connectivity index (χ1v) is 10.9. The minimum atomic E-state index is -0.674. The van der Waals surface area contributed by atoms with Gasteiger partial charge in [0.25, 0.3) is 11.8 Å². The van der Waals surface area contributed by atoms with Crippen LogP contribution in [0.5, 0.6) is 5.75 Å². The zero-order valence-electron chi connectivity index (χ0n) is 17.9. The Hall–Kier alpha value is -4.10. The highest BCUT2D eigenvalue weighted by Crippen LogP contribution is 2.39. The monoisotopic (exact) mass is 474 g/mol. The SMILES string of the molecule is NC(=O)COc1ccc(C2c3c(oc4ccc(Cl)cc4c3=O)C(=O)N2Cc2ccccc2)cc1. The summed E-state index contributed by atoms with van der Waals surface area (Å²) in [5.41, 5.74) is 7.01. The Morgan fingerprint density at radius 2 is 1.76 bits per heavy atom. The lowest BCUT2D eigenvalue weighted by Crippen LogP contribution is -2.29. The van der Waals surface area contributed by atoms with E-state index in [1.165, 1.54) is 0 Å². The number of ether oxygens (including phenoxy) is 1. The molecule has 0 saturated heterocycles. The van der Waals surface area contributed by atoms with Gasteiger partial charge in [-0.3, -0.25) is 14.4 Å². The summed E-state index contributed by atoms with van der Waals surface area (Å²) < 4.78 is 11.3. The van der Waals surface area contributed by atoms with Crippen molar-refractivity contribution < 1.29 is 18.7 Å². The number of rotatable bonds is 6. The number of amides is 2. The third-order valence-corrected chi connectivity index (χ3v) is 5.94. The quantitative estimate of drug-likeness (QED) is 0.454. The average molecular weight is 475 g/mol. The van der Waals surface area contributed by atoms with E-state index in [2.05, 4.69) is 0 Å². The first-order valence-electron chi connectivity index (χ1n) is 10.5. The lowest BCUT2D eigenvalue weighted by Gasteiger charge is -2.25. The van der Waals surface area contributed by atoms with Gasteiger partial charge in [0.2, 0.25) is 5.76 Å². The summed E-state index contributed by atoms with van der Waals surface area (Å²) in [4.78, 5) is 39.7. The summed E-state index contributed by atoms with van der Waals surface area (Å²) in [5.74, 6) is -0.489. The second kappa shape index (κ2) is 8.68. The molecule has 4 aromatic rings. The molecule has 2 amide bonds. The van der Waals surface area contributed by atoms with Crippen LogP contribution < -0.4 is 15.9 Å². The molecule has 0 fully saturated rings. The van der Waals surface area contributed by atoms with Crippen molar-refractivity contribution in [1.29, 1.82) is 0 Å². The van der Waals surface area contributed by atoms with Gasteiger partial charge in [0, 0.05) is 11.6 Å². The molecule has 0 bridgehead atoms. The number of primary amides is 1. The van der Waals surface area contributed by atoms with Crippen LogP contribution in [0.3, 0.4) is 0 Å². The molecule has 2 N–H and O–H groups in total. The zero-order valence-corrected chi connectivity index (χ0v) is 18.6. The fourth-order valence-electron chi connectivity index (χ4n) is 4.18. The number of hydrogen-bond acceptors (Lipinski definition) is 5. The molecule has 0 aliphatic carbocycles. The molecule has 1 unspecified atom stereocenters. The van der Waals surface area contributed by atoms with E-state index < -0.39 is 11.9 Å². The van der Waals surface area contributed by atoms with Crippen LogP contribution in [0.15, 0.2) is 82.0 Å². The van der Waals surface area contributed by atoms with Gasteiger partial charge in [-0.1, -0.05) is 54.1 Å². The second-order valence-corrected chi connectivity index (χ2v) is 8.40. The second-order valence-electron chi connectivity index (χ2n) is 7.96. The third-order valence-electron chi connectivity index (χ3n) is 5.70. The minimum Gasteiger partial charge on any atom is -0.484 e. The molecular formula is C26H19ClN2O5. The molecular weight excluding hydrogens is 456 g/mol. The topological polar surface area (TPSA) is 103 Å². The summed E-state index contributed by atoms with van der Waals surface area (Å²) in [5, 5.41) is 0.713. The molecule has 5 rings (SSSR count). The van der Waals surface area contributed by atoms with E-state index >= 15 is 0 Å². The number of halogens is 1. The summed E-state index contributed by atoms with van der Waals surface area (Å²) >= 11 is 6.12. The summed E-state index contributed by atoms with van der Waals surface area (Å²) in [7, 11) is 0. The van der Waals surface area contributed by atoms with Crippen molar-refractivity contribution in [1.82, 2.24) is 4.90 Å². The van der Waals surface area contributed by atoms with E-state index in [9.17, 15) is 14.4 Å². The fourth-order valence-corrected chi connectivity index (χ4v) is 4.36. The van der Waals surface area contributed by atoms with Crippen molar-refractivity contribution in [3.63, 3.8) is 0 Å². The van der Waals surface area contributed by atoms with Gasteiger partial charge in [-0.15, -0.1) is 0 Å². The highest BCUT2D eigenvalue weighted by molar-refractivity contribution is 6.31. The van der Waals surface area contributed by atoms with Gasteiger partial charge in [-0.05, 0) is 41.5 Å². The predicted molar refractivity (Wildman–Crippen MR) is 127 cm³/mol. The molecule has 0 spiro atoms. The predicted octanol–water partition coefficient (Wildman–Crippen LogP) is 4.06. The number of carbonyl (C=O) groups excluding carboxylic acids is 2. The van der Waals surface area contributed by atoms with E-state index in [-0.39, 0.29) is 35.8 Å². The van der Waals surface area contributed by atoms with Gasteiger partial charge < -0.3 is 19.8 Å². The van der Waals surface area contributed by atoms with Crippen LogP contribution in [0.2, 0.25) is 5.02 Å². The van der Waals surface area contributed by atoms with Crippen LogP contribution in [0.4, 0.5) is 0 Å². The molecule has 0 radical (unpaired) electrons. The van der Waals surface area contributed by atoms with Crippen LogP contribution in [0.1, 0.15) is 33.3 Å². The molecule has 170 valence electrons. The van der Waals surface area contributed by atoms with E-state index in [0.717, 1.165) is 5.56 Å². The van der Waals surface area contributed by atoms with Gasteiger partial charge in [0.15, 0.2) is 12.0 Å². The zero-order chi connectivity index (χ0) is 23.8. The Morgan fingerprint density at radius 1 is 1.03 bits per heavy atom. The van der Waals surface area contributed by atoms with Crippen LogP contribution in [0, 0.1) is 0 Å². The molecule has 1 atom stereocenters.